The molecule has 0 aliphatic carbocycles. The van der Waals surface area contributed by atoms with Crippen molar-refractivity contribution in [2.24, 2.45) is 11.7 Å². The molecule has 0 spiro atoms. The fourth-order valence-electron chi connectivity index (χ4n) is 3.60. The molecule has 1 saturated heterocycles. The zero-order valence-electron chi connectivity index (χ0n) is 14.4. The third-order valence-electron chi connectivity index (χ3n) is 5.10. The van der Waals surface area contributed by atoms with Crippen LogP contribution in [0.15, 0.2) is 59.1 Å². The number of nitrogens with zero attached hydrogens (tertiary/aromatic N) is 1. The first kappa shape index (κ1) is 18.0. The zero-order chi connectivity index (χ0) is 17.9. The van der Waals surface area contributed by atoms with E-state index in [2.05, 4.69) is 57.3 Å². The van der Waals surface area contributed by atoms with Gasteiger partial charge in [-0.3, -0.25) is 9.69 Å². The summed E-state index contributed by atoms with van der Waals surface area (Å²) in [7, 11) is 0. The third kappa shape index (κ3) is 4.05. The van der Waals surface area contributed by atoms with Crippen LogP contribution in [0.3, 0.4) is 0 Å². The van der Waals surface area contributed by atoms with Gasteiger partial charge < -0.3 is 11.1 Å². The van der Waals surface area contributed by atoms with E-state index in [-0.39, 0.29) is 11.8 Å². The lowest BCUT2D eigenvalue weighted by Crippen LogP contribution is -2.62. The Bertz CT molecular complexity index is 719. The summed E-state index contributed by atoms with van der Waals surface area (Å²) in [5.41, 5.74) is 7.35. The van der Waals surface area contributed by atoms with E-state index >= 15 is 0 Å². The Hall–Kier alpha value is -1.85. The van der Waals surface area contributed by atoms with Gasteiger partial charge >= 0.3 is 0 Å². The molecule has 0 aromatic heterocycles. The number of primary amides is 1. The normalized spacial score (nSPS) is 24.0. The van der Waals surface area contributed by atoms with Crippen LogP contribution < -0.4 is 11.1 Å². The maximum absolute atomic E-state index is 12.4. The molecule has 2 aromatic carbocycles. The van der Waals surface area contributed by atoms with E-state index in [9.17, 15) is 4.79 Å². The van der Waals surface area contributed by atoms with E-state index in [4.69, 9.17) is 5.73 Å². The lowest BCUT2D eigenvalue weighted by Gasteiger charge is -2.45. The monoisotopic (exact) mass is 401 g/mol. The minimum Gasteiger partial charge on any atom is -0.371 e. The van der Waals surface area contributed by atoms with Gasteiger partial charge in [-0.15, -0.1) is 0 Å². The van der Waals surface area contributed by atoms with Crippen molar-refractivity contribution in [2.75, 3.05) is 18.4 Å². The van der Waals surface area contributed by atoms with Gasteiger partial charge in [0.05, 0.1) is 0 Å². The second-order valence-corrected chi connectivity index (χ2v) is 7.75. The van der Waals surface area contributed by atoms with Gasteiger partial charge in [0.2, 0.25) is 5.91 Å². The molecule has 1 amide bonds. The molecule has 0 unspecified atom stereocenters. The summed E-state index contributed by atoms with van der Waals surface area (Å²) < 4.78 is 1.01. The molecular formula is C20H24BrN3O. The Kier molecular flexibility index (Phi) is 5.45. The maximum atomic E-state index is 12.4. The van der Waals surface area contributed by atoms with E-state index in [0.717, 1.165) is 29.8 Å². The third-order valence-corrected chi connectivity index (χ3v) is 5.62. The lowest BCUT2D eigenvalue weighted by atomic mass is 9.77. The topological polar surface area (TPSA) is 58.4 Å². The maximum Gasteiger partial charge on any atom is 0.243 e. The highest BCUT2D eigenvalue weighted by atomic mass is 79.9. The number of hydrogen-bond acceptors (Lipinski definition) is 3. The number of nitrogens with two attached hydrogens (primary N) is 1. The summed E-state index contributed by atoms with van der Waals surface area (Å²) in [6.07, 6.45) is 0.701. The summed E-state index contributed by atoms with van der Waals surface area (Å²) in [5.74, 6) is -0.159. The Morgan fingerprint density at radius 2 is 1.92 bits per heavy atom. The number of carbonyl (C=O) groups is 1. The minimum absolute atomic E-state index is 0.117. The molecule has 0 radical (unpaired) electrons. The Labute approximate surface area is 157 Å². The summed E-state index contributed by atoms with van der Waals surface area (Å²) >= 11 is 3.44. The predicted molar refractivity (Wildman–Crippen MR) is 105 cm³/mol. The van der Waals surface area contributed by atoms with Gasteiger partial charge in [0, 0.05) is 35.7 Å². The average molecular weight is 402 g/mol. The van der Waals surface area contributed by atoms with Crippen LogP contribution in [0.5, 0.6) is 0 Å². The van der Waals surface area contributed by atoms with Gasteiger partial charge in [0.1, 0.15) is 5.54 Å². The molecular weight excluding hydrogens is 378 g/mol. The molecule has 0 saturated carbocycles. The lowest BCUT2D eigenvalue weighted by molar-refractivity contribution is -0.125. The SMILES string of the molecule is C[C@H]1CN(Cc2ccccc2)CC[C@]1(Nc1ccc(Br)cc1)C(N)=O. The van der Waals surface area contributed by atoms with Crippen LogP contribution in [-0.2, 0) is 11.3 Å². The standard InChI is InChI=1S/C20H24BrN3O/c1-15-13-24(14-16-5-3-2-4-6-16)12-11-20(15,19(22)25)23-18-9-7-17(21)8-10-18/h2-10,15,23H,11-14H2,1H3,(H2,22,25)/t15-,20+/m0/s1. The molecule has 3 N–H and O–H groups in total. The van der Waals surface area contributed by atoms with Crippen molar-refractivity contribution in [3.05, 3.63) is 64.6 Å². The molecule has 25 heavy (non-hydrogen) atoms. The van der Waals surface area contributed by atoms with Crippen molar-refractivity contribution in [3.8, 4) is 0 Å². The molecule has 1 aliphatic rings. The fourth-order valence-corrected chi connectivity index (χ4v) is 3.87. The number of likely N-dealkylation sites (tertiary alicyclic amines) is 1. The van der Waals surface area contributed by atoms with Crippen molar-refractivity contribution < 1.29 is 4.79 Å². The highest BCUT2D eigenvalue weighted by Crippen LogP contribution is 2.32. The highest BCUT2D eigenvalue weighted by Gasteiger charge is 2.45. The molecule has 4 nitrogen and oxygen atoms in total. The number of anilines is 1. The first-order valence-electron chi connectivity index (χ1n) is 8.59. The molecule has 1 heterocycles. The number of rotatable bonds is 5. The number of halogens is 1. The molecule has 0 bridgehead atoms. The van der Waals surface area contributed by atoms with Crippen LogP contribution in [0.1, 0.15) is 18.9 Å². The van der Waals surface area contributed by atoms with Gasteiger partial charge in [-0.1, -0.05) is 53.2 Å². The Morgan fingerprint density at radius 3 is 2.52 bits per heavy atom. The summed E-state index contributed by atoms with van der Waals surface area (Å²) in [6.45, 7) is 4.68. The van der Waals surface area contributed by atoms with E-state index < -0.39 is 5.54 Å². The van der Waals surface area contributed by atoms with Crippen molar-refractivity contribution in [2.45, 2.75) is 25.4 Å². The van der Waals surface area contributed by atoms with Crippen LogP contribution >= 0.6 is 15.9 Å². The van der Waals surface area contributed by atoms with Crippen molar-refractivity contribution >= 4 is 27.5 Å². The minimum atomic E-state index is -0.707. The van der Waals surface area contributed by atoms with Gasteiger partial charge in [-0.25, -0.2) is 0 Å². The molecule has 5 heteroatoms. The van der Waals surface area contributed by atoms with Crippen LogP contribution in [0.4, 0.5) is 5.69 Å². The second-order valence-electron chi connectivity index (χ2n) is 6.84. The average Bonchev–Trinajstić information content (AvgIpc) is 2.60. The summed E-state index contributed by atoms with van der Waals surface area (Å²) in [6, 6.07) is 18.3. The van der Waals surface area contributed by atoms with E-state index in [1.807, 2.05) is 30.3 Å². The van der Waals surface area contributed by atoms with Gasteiger partial charge in [0.15, 0.2) is 0 Å². The summed E-state index contributed by atoms with van der Waals surface area (Å²) in [5, 5.41) is 3.43. The van der Waals surface area contributed by atoms with Crippen molar-refractivity contribution in [1.82, 2.24) is 4.90 Å². The fraction of sp³-hybridized carbons (Fsp3) is 0.350. The smallest absolute Gasteiger partial charge is 0.243 e. The number of piperidine rings is 1. The first-order valence-corrected chi connectivity index (χ1v) is 9.39. The number of nitrogens with one attached hydrogen (secondary N) is 1. The predicted octanol–water partition coefficient (Wildman–Crippen LogP) is 3.63. The summed E-state index contributed by atoms with van der Waals surface area (Å²) in [4.78, 5) is 14.7. The van der Waals surface area contributed by atoms with Gasteiger partial charge in [-0.2, -0.15) is 0 Å². The quantitative estimate of drug-likeness (QED) is 0.803. The van der Waals surface area contributed by atoms with E-state index in [1.165, 1.54) is 5.56 Å². The molecule has 2 atom stereocenters. The largest absolute Gasteiger partial charge is 0.371 e. The molecule has 132 valence electrons. The highest BCUT2D eigenvalue weighted by molar-refractivity contribution is 9.10. The Balaban J connectivity index is 1.73. The van der Waals surface area contributed by atoms with Crippen molar-refractivity contribution in [3.63, 3.8) is 0 Å². The molecule has 3 rings (SSSR count). The number of hydrogen-bond donors (Lipinski definition) is 2. The Morgan fingerprint density at radius 1 is 1.24 bits per heavy atom. The number of carbonyl (C=O) groups excluding carboxylic acids is 1. The molecule has 1 aliphatic heterocycles. The zero-order valence-corrected chi connectivity index (χ0v) is 16.0. The van der Waals surface area contributed by atoms with Crippen molar-refractivity contribution in [1.29, 1.82) is 0 Å². The number of benzene rings is 2. The van der Waals surface area contributed by atoms with E-state index in [1.54, 1.807) is 0 Å². The van der Waals surface area contributed by atoms with Crippen LogP contribution in [0, 0.1) is 5.92 Å². The second kappa shape index (κ2) is 7.58. The number of amides is 1. The van der Waals surface area contributed by atoms with Crippen LogP contribution in [0.2, 0.25) is 0 Å². The molecule has 1 fully saturated rings. The van der Waals surface area contributed by atoms with Crippen LogP contribution in [-0.4, -0.2) is 29.4 Å². The molecule has 2 aromatic rings. The van der Waals surface area contributed by atoms with Gasteiger partial charge in [0.25, 0.3) is 0 Å². The first-order chi connectivity index (χ1) is 12.0. The van der Waals surface area contributed by atoms with Gasteiger partial charge in [-0.05, 0) is 36.2 Å². The van der Waals surface area contributed by atoms with Crippen LogP contribution in [0.25, 0.3) is 0 Å². The van der Waals surface area contributed by atoms with E-state index in [0.29, 0.717) is 6.42 Å².